The standard InChI is InChI=1S/C15H16FN5S/c1-17-14(18-8-11-2-4-12(16)5-3-11)19-9-13-10-21-6-7-22-15(21)20-13/h2-7,10H,8-9H2,1H3,(H2,17,18,19). The van der Waals surface area contributed by atoms with Crippen molar-refractivity contribution in [3.63, 3.8) is 0 Å². The largest absolute Gasteiger partial charge is 0.352 e. The fourth-order valence-corrected chi connectivity index (χ4v) is 2.76. The Bertz CT molecular complexity index is 746. The van der Waals surface area contributed by atoms with Crippen LogP contribution in [0.5, 0.6) is 0 Å². The van der Waals surface area contributed by atoms with Gasteiger partial charge in [0.1, 0.15) is 5.82 Å². The van der Waals surface area contributed by atoms with E-state index in [2.05, 4.69) is 20.6 Å². The van der Waals surface area contributed by atoms with Crippen LogP contribution in [0.25, 0.3) is 4.96 Å². The fraction of sp³-hybridized carbons (Fsp3) is 0.200. The molecule has 1 aromatic carbocycles. The normalized spacial score (nSPS) is 11.8. The Hall–Kier alpha value is -2.41. The topological polar surface area (TPSA) is 53.7 Å². The highest BCUT2D eigenvalue weighted by Crippen LogP contribution is 2.11. The van der Waals surface area contributed by atoms with E-state index in [4.69, 9.17) is 0 Å². The summed E-state index contributed by atoms with van der Waals surface area (Å²) in [6.45, 7) is 1.18. The van der Waals surface area contributed by atoms with Crippen LogP contribution in [0, 0.1) is 5.82 Å². The molecule has 2 aromatic heterocycles. The van der Waals surface area contributed by atoms with E-state index in [1.54, 1.807) is 30.5 Å². The molecule has 2 heterocycles. The van der Waals surface area contributed by atoms with Crippen LogP contribution >= 0.6 is 11.3 Å². The number of aliphatic imine (C=N–C) groups is 1. The van der Waals surface area contributed by atoms with Crippen LogP contribution in [0.15, 0.2) is 47.0 Å². The van der Waals surface area contributed by atoms with Crippen LogP contribution in [-0.2, 0) is 13.1 Å². The van der Waals surface area contributed by atoms with Gasteiger partial charge in [0, 0.05) is 31.4 Å². The summed E-state index contributed by atoms with van der Waals surface area (Å²) in [5, 5.41) is 8.40. The Morgan fingerprint density at radius 3 is 2.77 bits per heavy atom. The van der Waals surface area contributed by atoms with Crippen molar-refractivity contribution in [1.82, 2.24) is 20.0 Å². The van der Waals surface area contributed by atoms with Crippen LogP contribution in [0.1, 0.15) is 11.3 Å². The molecule has 0 aliphatic carbocycles. The van der Waals surface area contributed by atoms with Crippen LogP contribution in [0.2, 0.25) is 0 Å². The number of hydrogen-bond donors (Lipinski definition) is 2. The molecule has 7 heteroatoms. The van der Waals surface area contributed by atoms with Crippen molar-refractivity contribution in [3.8, 4) is 0 Å². The maximum Gasteiger partial charge on any atom is 0.193 e. The molecule has 2 N–H and O–H groups in total. The maximum absolute atomic E-state index is 12.9. The first-order chi connectivity index (χ1) is 10.7. The molecule has 0 unspecified atom stereocenters. The lowest BCUT2D eigenvalue weighted by atomic mass is 10.2. The van der Waals surface area contributed by atoms with Crippen LogP contribution in [-0.4, -0.2) is 22.4 Å². The Balaban J connectivity index is 1.53. The molecule has 0 aliphatic heterocycles. The molecule has 0 radical (unpaired) electrons. The molecule has 3 aromatic rings. The van der Waals surface area contributed by atoms with Gasteiger partial charge in [-0.25, -0.2) is 9.37 Å². The molecule has 0 spiro atoms. The van der Waals surface area contributed by atoms with E-state index in [1.165, 1.54) is 12.1 Å². The third-order valence-corrected chi connectivity index (χ3v) is 3.95. The zero-order chi connectivity index (χ0) is 15.4. The van der Waals surface area contributed by atoms with Crippen molar-refractivity contribution in [1.29, 1.82) is 0 Å². The predicted octanol–water partition coefficient (Wildman–Crippen LogP) is 2.40. The highest BCUT2D eigenvalue weighted by molar-refractivity contribution is 7.15. The number of thiazole rings is 1. The highest BCUT2D eigenvalue weighted by atomic mass is 32.1. The van der Waals surface area contributed by atoms with Gasteiger partial charge in [-0.1, -0.05) is 12.1 Å². The fourth-order valence-electron chi connectivity index (χ4n) is 2.04. The van der Waals surface area contributed by atoms with E-state index in [-0.39, 0.29) is 5.82 Å². The second-order valence-corrected chi connectivity index (χ2v) is 5.60. The van der Waals surface area contributed by atoms with Crippen molar-refractivity contribution < 1.29 is 4.39 Å². The van der Waals surface area contributed by atoms with E-state index in [1.807, 2.05) is 22.2 Å². The van der Waals surface area contributed by atoms with Crippen molar-refractivity contribution in [3.05, 3.63) is 59.1 Å². The summed E-state index contributed by atoms with van der Waals surface area (Å²) in [5.74, 6) is 0.451. The molecule has 0 amide bonds. The SMILES string of the molecule is CN=C(NCc1ccc(F)cc1)NCc1cn2ccsc2n1. The Morgan fingerprint density at radius 1 is 1.27 bits per heavy atom. The first-order valence-corrected chi connectivity index (χ1v) is 7.72. The smallest absolute Gasteiger partial charge is 0.193 e. The van der Waals surface area contributed by atoms with Crippen LogP contribution in [0.4, 0.5) is 4.39 Å². The van der Waals surface area contributed by atoms with Crippen LogP contribution in [0.3, 0.4) is 0 Å². The van der Waals surface area contributed by atoms with Gasteiger partial charge in [0.25, 0.3) is 0 Å². The minimum absolute atomic E-state index is 0.231. The average molecular weight is 317 g/mol. The number of rotatable bonds is 4. The molecule has 0 aliphatic rings. The van der Waals surface area contributed by atoms with Gasteiger partial charge in [0.15, 0.2) is 10.9 Å². The first kappa shape index (κ1) is 14.5. The van der Waals surface area contributed by atoms with Gasteiger partial charge in [-0.15, -0.1) is 11.3 Å². The third kappa shape index (κ3) is 3.43. The minimum Gasteiger partial charge on any atom is -0.352 e. The monoisotopic (exact) mass is 317 g/mol. The molecule has 5 nitrogen and oxygen atoms in total. The highest BCUT2D eigenvalue weighted by Gasteiger charge is 2.04. The number of nitrogens with zero attached hydrogens (tertiary/aromatic N) is 3. The number of guanidine groups is 1. The van der Waals surface area contributed by atoms with E-state index in [0.717, 1.165) is 16.2 Å². The molecule has 0 saturated heterocycles. The number of imidazole rings is 1. The van der Waals surface area contributed by atoms with Gasteiger partial charge in [-0.3, -0.25) is 9.39 Å². The van der Waals surface area contributed by atoms with Crippen molar-refractivity contribution >= 4 is 22.3 Å². The lowest BCUT2D eigenvalue weighted by molar-refractivity contribution is 0.626. The van der Waals surface area contributed by atoms with Crippen LogP contribution < -0.4 is 10.6 Å². The number of nitrogens with one attached hydrogen (secondary N) is 2. The van der Waals surface area contributed by atoms with E-state index in [9.17, 15) is 4.39 Å². The molecule has 0 saturated carbocycles. The number of benzene rings is 1. The van der Waals surface area contributed by atoms with E-state index in [0.29, 0.717) is 19.0 Å². The van der Waals surface area contributed by atoms with Gasteiger partial charge >= 0.3 is 0 Å². The summed E-state index contributed by atoms with van der Waals surface area (Å²) >= 11 is 1.60. The molecule has 0 atom stereocenters. The third-order valence-electron chi connectivity index (χ3n) is 3.18. The Kier molecular flexibility index (Phi) is 4.34. The second-order valence-electron chi connectivity index (χ2n) is 4.73. The number of hydrogen-bond acceptors (Lipinski definition) is 3. The van der Waals surface area contributed by atoms with Gasteiger partial charge in [0.2, 0.25) is 0 Å². The van der Waals surface area contributed by atoms with Gasteiger partial charge in [0.05, 0.1) is 12.2 Å². The van der Waals surface area contributed by atoms with E-state index >= 15 is 0 Å². The lowest BCUT2D eigenvalue weighted by Gasteiger charge is -2.11. The minimum atomic E-state index is -0.231. The van der Waals surface area contributed by atoms with E-state index < -0.39 is 0 Å². The number of halogens is 1. The molecule has 3 rings (SSSR count). The number of fused-ring (bicyclic) bond motifs is 1. The quantitative estimate of drug-likeness (QED) is 0.574. The number of aromatic nitrogens is 2. The first-order valence-electron chi connectivity index (χ1n) is 6.84. The average Bonchev–Trinajstić information content (AvgIpc) is 3.10. The molecular formula is C15H16FN5S. The molecule has 0 fully saturated rings. The molecule has 114 valence electrons. The van der Waals surface area contributed by atoms with Crippen molar-refractivity contribution in [2.75, 3.05) is 7.05 Å². The summed E-state index contributed by atoms with van der Waals surface area (Å²) < 4.78 is 14.9. The van der Waals surface area contributed by atoms with Gasteiger partial charge in [-0.05, 0) is 17.7 Å². The zero-order valence-corrected chi connectivity index (χ0v) is 12.9. The summed E-state index contributed by atoms with van der Waals surface area (Å²) in [5.41, 5.74) is 1.95. The van der Waals surface area contributed by atoms with Gasteiger partial charge < -0.3 is 10.6 Å². The maximum atomic E-state index is 12.9. The Labute approximate surface area is 131 Å². The predicted molar refractivity (Wildman–Crippen MR) is 86.5 cm³/mol. The molecule has 22 heavy (non-hydrogen) atoms. The van der Waals surface area contributed by atoms with Gasteiger partial charge in [-0.2, -0.15) is 0 Å². The summed E-state index contributed by atoms with van der Waals surface area (Å²) in [6.07, 6.45) is 3.98. The van der Waals surface area contributed by atoms with Crippen molar-refractivity contribution in [2.45, 2.75) is 13.1 Å². The zero-order valence-electron chi connectivity index (χ0n) is 12.1. The summed E-state index contributed by atoms with van der Waals surface area (Å²) in [7, 11) is 1.71. The second kappa shape index (κ2) is 6.57. The summed E-state index contributed by atoms with van der Waals surface area (Å²) in [4.78, 5) is 9.65. The molecule has 0 bridgehead atoms. The summed E-state index contributed by atoms with van der Waals surface area (Å²) in [6, 6.07) is 6.40. The van der Waals surface area contributed by atoms with Crippen molar-refractivity contribution in [2.24, 2.45) is 4.99 Å². The molecular weight excluding hydrogens is 301 g/mol. The lowest BCUT2D eigenvalue weighted by Crippen LogP contribution is -2.36. The Morgan fingerprint density at radius 2 is 2.05 bits per heavy atom.